The number of benzene rings is 1. The Hall–Kier alpha value is -1.65. The number of fused-ring (bicyclic) bond motifs is 3. The van der Waals surface area contributed by atoms with Crippen molar-refractivity contribution in [2.75, 3.05) is 27.2 Å². The van der Waals surface area contributed by atoms with Gasteiger partial charge >= 0.3 is 0 Å². The zero-order chi connectivity index (χ0) is 13.9. The van der Waals surface area contributed by atoms with Gasteiger partial charge in [-0.3, -0.25) is 0 Å². The first kappa shape index (κ1) is 15.7. The Bertz CT molecular complexity index is 616. The molecule has 0 bridgehead atoms. The zero-order valence-electron chi connectivity index (χ0n) is 12.4. The molecule has 0 N–H and O–H groups in total. The average Bonchev–Trinajstić information content (AvgIpc) is 2.46. The van der Waals surface area contributed by atoms with Crippen LogP contribution in [0.1, 0.15) is 11.1 Å². The summed E-state index contributed by atoms with van der Waals surface area (Å²) in [5.74, 6) is 0.630. The minimum atomic E-state index is 0. The van der Waals surface area contributed by atoms with E-state index >= 15 is 0 Å². The Balaban J connectivity index is 0.00000161. The highest BCUT2D eigenvalue weighted by molar-refractivity contribution is 5.85. The summed E-state index contributed by atoms with van der Waals surface area (Å²) in [5, 5.41) is 8.57. The second-order valence-electron chi connectivity index (χ2n) is 5.37. The van der Waals surface area contributed by atoms with Crippen LogP contribution in [-0.4, -0.2) is 42.3 Å². The molecule has 21 heavy (non-hydrogen) atoms. The van der Waals surface area contributed by atoms with Gasteiger partial charge in [0.05, 0.1) is 5.69 Å². The highest BCUT2D eigenvalue weighted by Gasteiger charge is 2.18. The van der Waals surface area contributed by atoms with Gasteiger partial charge in [0.15, 0.2) is 0 Å². The molecule has 0 unspecified atom stereocenters. The first-order chi connectivity index (χ1) is 9.74. The standard InChI is InChI=1S/C16H19N3O.ClH/c1-19(2)9-10-20-15-11-13-8-7-12-5-3-4-6-14(12)16(13)18-17-15;/h3-6,11H,7-10H2,1-2H3;1H. The number of likely N-dealkylation sites (N-methyl/N-ethyl adjacent to an activating group) is 1. The Kier molecular flexibility index (Phi) is 5.15. The molecule has 0 radical (unpaired) electrons. The molecule has 112 valence electrons. The fourth-order valence-corrected chi connectivity index (χ4v) is 2.47. The fourth-order valence-electron chi connectivity index (χ4n) is 2.47. The number of hydrogen-bond acceptors (Lipinski definition) is 4. The van der Waals surface area contributed by atoms with E-state index in [1.54, 1.807) is 0 Å². The van der Waals surface area contributed by atoms with Gasteiger partial charge in [0.1, 0.15) is 6.61 Å². The van der Waals surface area contributed by atoms with E-state index in [0.717, 1.165) is 25.1 Å². The molecule has 0 fully saturated rings. The first-order valence-electron chi connectivity index (χ1n) is 6.96. The second kappa shape index (κ2) is 6.87. The highest BCUT2D eigenvalue weighted by Crippen LogP contribution is 2.32. The lowest BCUT2D eigenvalue weighted by Gasteiger charge is -2.18. The minimum Gasteiger partial charge on any atom is -0.475 e. The van der Waals surface area contributed by atoms with E-state index in [2.05, 4.69) is 39.4 Å². The first-order valence-corrected chi connectivity index (χ1v) is 6.96. The molecule has 1 aromatic carbocycles. The molecule has 0 saturated carbocycles. The van der Waals surface area contributed by atoms with Gasteiger partial charge in [-0.05, 0) is 38.1 Å². The summed E-state index contributed by atoms with van der Waals surface area (Å²) in [6, 6.07) is 10.5. The Morgan fingerprint density at radius 3 is 2.67 bits per heavy atom. The Morgan fingerprint density at radius 1 is 1.10 bits per heavy atom. The van der Waals surface area contributed by atoms with Gasteiger partial charge in [0, 0.05) is 18.2 Å². The summed E-state index contributed by atoms with van der Waals surface area (Å²) >= 11 is 0. The number of aryl methyl sites for hydroxylation is 2. The maximum Gasteiger partial charge on any atom is 0.233 e. The third kappa shape index (κ3) is 3.52. The Labute approximate surface area is 131 Å². The van der Waals surface area contributed by atoms with Gasteiger partial charge in [0.25, 0.3) is 0 Å². The summed E-state index contributed by atoms with van der Waals surface area (Å²) in [7, 11) is 4.05. The van der Waals surface area contributed by atoms with Gasteiger partial charge in [-0.15, -0.1) is 22.6 Å². The van der Waals surface area contributed by atoms with Crippen LogP contribution < -0.4 is 4.74 Å². The number of ether oxygens (including phenoxy) is 1. The van der Waals surface area contributed by atoms with Gasteiger partial charge in [0.2, 0.25) is 5.88 Å². The van der Waals surface area contributed by atoms with E-state index in [1.165, 1.54) is 16.7 Å². The van der Waals surface area contributed by atoms with Crippen LogP contribution in [-0.2, 0) is 12.8 Å². The van der Waals surface area contributed by atoms with Crippen molar-refractivity contribution in [3.63, 3.8) is 0 Å². The molecular formula is C16H20ClN3O. The Morgan fingerprint density at radius 2 is 1.86 bits per heavy atom. The smallest absolute Gasteiger partial charge is 0.233 e. The van der Waals surface area contributed by atoms with Crippen LogP contribution >= 0.6 is 12.4 Å². The molecule has 0 amide bonds. The zero-order valence-corrected chi connectivity index (χ0v) is 13.2. The van der Waals surface area contributed by atoms with Crippen LogP contribution in [0.15, 0.2) is 30.3 Å². The fraction of sp³-hybridized carbons (Fsp3) is 0.375. The quantitative estimate of drug-likeness (QED) is 0.870. The minimum absolute atomic E-state index is 0. The van der Waals surface area contributed by atoms with Crippen molar-refractivity contribution in [3.8, 4) is 17.1 Å². The van der Waals surface area contributed by atoms with Crippen molar-refractivity contribution in [1.29, 1.82) is 0 Å². The summed E-state index contributed by atoms with van der Waals surface area (Å²) in [5.41, 5.74) is 4.81. The van der Waals surface area contributed by atoms with E-state index in [9.17, 15) is 0 Å². The molecule has 1 heterocycles. The second-order valence-corrected chi connectivity index (χ2v) is 5.37. The topological polar surface area (TPSA) is 38.2 Å². The third-order valence-electron chi connectivity index (χ3n) is 3.58. The number of hydrogen-bond donors (Lipinski definition) is 0. The summed E-state index contributed by atoms with van der Waals surface area (Å²) in [6.45, 7) is 1.51. The lowest BCUT2D eigenvalue weighted by atomic mass is 9.90. The van der Waals surface area contributed by atoms with Crippen LogP contribution in [0.5, 0.6) is 5.88 Å². The highest BCUT2D eigenvalue weighted by atomic mass is 35.5. The monoisotopic (exact) mass is 305 g/mol. The van der Waals surface area contributed by atoms with Crippen molar-refractivity contribution >= 4 is 12.4 Å². The van der Waals surface area contributed by atoms with E-state index in [4.69, 9.17) is 4.74 Å². The van der Waals surface area contributed by atoms with Gasteiger partial charge in [-0.1, -0.05) is 24.3 Å². The molecule has 4 nitrogen and oxygen atoms in total. The van der Waals surface area contributed by atoms with Crippen LogP contribution in [0.2, 0.25) is 0 Å². The van der Waals surface area contributed by atoms with Gasteiger partial charge in [-0.2, -0.15) is 0 Å². The van der Waals surface area contributed by atoms with Crippen molar-refractivity contribution in [2.24, 2.45) is 0 Å². The molecule has 3 rings (SSSR count). The van der Waals surface area contributed by atoms with E-state index in [0.29, 0.717) is 12.5 Å². The summed E-state index contributed by atoms with van der Waals surface area (Å²) in [4.78, 5) is 2.09. The predicted molar refractivity (Wildman–Crippen MR) is 86.2 cm³/mol. The largest absolute Gasteiger partial charge is 0.475 e. The molecule has 5 heteroatoms. The van der Waals surface area contributed by atoms with Crippen LogP contribution in [0.3, 0.4) is 0 Å². The molecule has 1 aliphatic rings. The normalized spacial score (nSPS) is 12.3. The molecular weight excluding hydrogens is 286 g/mol. The number of nitrogens with zero attached hydrogens (tertiary/aromatic N) is 3. The van der Waals surface area contributed by atoms with E-state index < -0.39 is 0 Å². The third-order valence-corrected chi connectivity index (χ3v) is 3.58. The number of aromatic nitrogens is 2. The van der Waals surface area contributed by atoms with Crippen LogP contribution in [0.4, 0.5) is 0 Å². The maximum atomic E-state index is 5.66. The molecule has 0 aliphatic heterocycles. The summed E-state index contributed by atoms with van der Waals surface area (Å²) in [6.07, 6.45) is 2.07. The van der Waals surface area contributed by atoms with Crippen molar-refractivity contribution in [2.45, 2.75) is 12.8 Å². The molecule has 2 aromatic rings. The van der Waals surface area contributed by atoms with Crippen molar-refractivity contribution in [1.82, 2.24) is 15.1 Å². The number of rotatable bonds is 4. The average molecular weight is 306 g/mol. The SMILES string of the molecule is CN(C)CCOc1cc2c(nn1)-c1ccccc1CC2.Cl. The van der Waals surface area contributed by atoms with Crippen molar-refractivity contribution < 1.29 is 4.74 Å². The van der Waals surface area contributed by atoms with Gasteiger partial charge < -0.3 is 9.64 Å². The molecule has 1 aromatic heterocycles. The molecule has 1 aliphatic carbocycles. The van der Waals surface area contributed by atoms with E-state index in [1.807, 2.05) is 20.2 Å². The lowest BCUT2D eigenvalue weighted by molar-refractivity contribution is 0.251. The van der Waals surface area contributed by atoms with Crippen molar-refractivity contribution in [3.05, 3.63) is 41.5 Å². The lowest BCUT2D eigenvalue weighted by Crippen LogP contribution is -2.20. The van der Waals surface area contributed by atoms with Crippen LogP contribution in [0.25, 0.3) is 11.3 Å². The number of halogens is 1. The molecule has 0 saturated heterocycles. The van der Waals surface area contributed by atoms with Crippen LogP contribution in [0, 0.1) is 0 Å². The molecule has 0 spiro atoms. The predicted octanol–water partition coefficient (Wildman–Crippen LogP) is 2.60. The van der Waals surface area contributed by atoms with Gasteiger partial charge in [-0.25, -0.2) is 0 Å². The van der Waals surface area contributed by atoms with E-state index in [-0.39, 0.29) is 12.4 Å². The molecule has 0 atom stereocenters. The maximum absolute atomic E-state index is 5.66. The summed E-state index contributed by atoms with van der Waals surface area (Å²) < 4.78 is 5.66.